The van der Waals surface area contributed by atoms with Crippen molar-refractivity contribution in [1.29, 1.82) is 5.26 Å². The Hall–Kier alpha value is -2.13. The summed E-state index contributed by atoms with van der Waals surface area (Å²) in [7, 11) is 0. The second-order valence-electron chi connectivity index (χ2n) is 5.91. The molecule has 0 aliphatic carbocycles. The van der Waals surface area contributed by atoms with Gasteiger partial charge in [0.2, 0.25) is 0 Å². The second kappa shape index (κ2) is 6.32. The van der Waals surface area contributed by atoms with Crippen LogP contribution < -0.4 is 4.90 Å². The standard InChI is InChI=1S/C16H19N3O3/c17-10-12-9-13(3-6-18-12)19-7-4-11(5-8-19)14-1-2-15(22-14)16(20)21/h3,6,9,11,14-15H,1-2,4-5,7-8H2,(H,20,21)/t14-,15+/m0/s1. The first kappa shape index (κ1) is 14.8. The van der Waals surface area contributed by atoms with E-state index in [1.54, 1.807) is 6.20 Å². The van der Waals surface area contributed by atoms with Gasteiger partial charge in [0.25, 0.3) is 0 Å². The summed E-state index contributed by atoms with van der Waals surface area (Å²) >= 11 is 0. The lowest BCUT2D eigenvalue weighted by molar-refractivity contribution is -0.150. The molecule has 2 aliphatic rings. The van der Waals surface area contributed by atoms with E-state index in [1.807, 2.05) is 12.1 Å². The third-order valence-corrected chi connectivity index (χ3v) is 4.62. The smallest absolute Gasteiger partial charge is 0.332 e. The number of carboxylic acid groups (broad SMARTS) is 1. The van der Waals surface area contributed by atoms with Gasteiger partial charge in [0.1, 0.15) is 11.8 Å². The first-order valence-corrected chi connectivity index (χ1v) is 7.66. The number of pyridine rings is 1. The van der Waals surface area contributed by atoms with Gasteiger partial charge < -0.3 is 14.7 Å². The van der Waals surface area contributed by atoms with Gasteiger partial charge in [-0.05, 0) is 43.7 Å². The molecule has 0 bridgehead atoms. The van der Waals surface area contributed by atoms with Gasteiger partial charge >= 0.3 is 5.97 Å². The van der Waals surface area contributed by atoms with Gasteiger partial charge in [-0.25, -0.2) is 9.78 Å². The van der Waals surface area contributed by atoms with Gasteiger partial charge in [-0.2, -0.15) is 5.26 Å². The van der Waals surface area contributed by atoms with Gasteiger partial charge in [0.15, 0.2) is 6.10 Å². The molecule has 1 N–H and O–H groups in total. The number of hydrogen-bond acceptors (Lipinski definition) is 5. The number of aromatic nitrogens is 1. The summed E-state index contributed by atoms with van der Waals surface area (Å²) in [6.07, 6.45) is 4.56. The number of carboxylic acids is 1. The van der Waals surface area contributed by atoms with Crippen molar-refractivity contribution in [2.24, 2.45) is 5.92 Å². The molecule has 2 fully saturated rings. The lowest BCUT2D eigenvalue weighted by Gasteiger charge is -2.35. The van der Waals surface area contributed by atoms with Crippen molar-refractivity contribution in [1.82, 2.24) is 4.98 Å². The van der Waals surface area contributed by atoms with Crippen LogP contribution in [-0.4, -0.2) is 41.4 Å². The first-order valence-electron chi connectivity index (χ1n) is 7.66. The minimum absolute atomic E-state index is 0.0790. The van der Waals surface area contributed by atoms with Crippen molar-refractivity contribution < 1.29 is 14.6 Å². The van der Waals surface area contributed by atoms with E-state index >= 15 is 0 Å². The molecule has 116 valence electrons. The number of carbonyl (C=O) groups is 1. The Morgan fingerprint density at radius 1 is 1.36 bits per heavy atom. The molecule has 2 aliphatic heterocycles. The number of nitriles is 1. The second-order valence-corrected chi connectivity index (χ2v) is 5.91. The minimum Gasteiger partial charge on any atom is -0.479 e. The molecule has 1 aromatic heterocycles. The Morgan fingerprint density at radius 3 is 2.77 bits per heavy atom. The van der Waals surface area contributed by atoms with Crippen LogP contribution in [0, 0.1) is 17.2 Å². The molecule has 0 aromatic carbocycles. The van der Waals surface area contributed by atoms with Crippen LogP contribution in [0.5, 0.6) is 0 Å². The van der Waals surface area contributed by atoms with Gasteiger partial charge in [0, 0.05) is 25.0 Å². The van der Waals surface area contributed by atoms with Crippen molar-refractivity contribution in [3.05, 3.63) is 24.0 Å². The zero-order valence-corrected chi connectivity index (χ0v) is 12.3. The number of nitrogens with zero attached hydrogens (tertiary/aromatic N) is 3. The highest BCUT2D eigenvalue weighted by molar-refractivity contribution is 5.72. The van der Waals surface area contributed by atoms with Gasteiger partial charge in [-0.1, -0.05) is 0 Å². The van der Waals surface area contributed by atoms with Gasteiger partial charge in [-0.3, -0.25) is 0 Å². The molecular formula is C16H19N3O3. The van der Waals surface area contributed by atoms with Crippen LogP contribution in [0.2, 0.25) is 0 Å². The summed E-state index contributed by atoms with van der Waals surface area (Å²) in [6.45, 7) is 1.80. The first-order chi connectivity index (χ1) is 10.7. The lowest BCUT2D eigenvalue weighted by atomic mass is 9.89. The molecule has 3 heterocycles. The zero-order valence-electron chi connectivity index (χ0n) is 12.3. The number of aliphatic carboxylic acids is 1. The van der Waals surface area contributed by atoms with Crippen molar-refractivity contribution >= 4 is 11.7 Å². The normalized spacial score (nSPS) is 25.9. The molecule has 6 nitrogen and oxygen atoms in total. The zero-order chi connectivity index (χ0) is 15.5. The van der Waals surface area contributed by atoms with Crippen LogP contribution in [0.25, 0.3) is 0 Å². The average molecular weight is 301 g/mol. The molecule has 0 unspecified atom stereocenters. The fraction of sp³-hybridized carbons (Fsp3) is 0.562. The molecular weight excluding hydrogens is 282 g/mol. The molecule has 0 saturated carbocycles. The summed E-state index contributed by atoms with van der Waals surface area (Å²) in [5, 5.41) is 17.9. The molecule has 0 spiro atoms. The fourth-order valence-corrected chi connectivity index (χ4v) is 3.40. The van der Waals surface area contributed by atoms with E-state index in [4.69, 9.17) is 15.1 Å². The van der Waals surface area contributed by atoms with Crippen LogP contribution in [0.4, 0.5) is 5.69 Å². The molecule has 3 rings (SSSR count). The maximum absolute atomic E-state index is 11.0. The quantitative estimate of drug-likeness (QED) is 0.916. The summed E-state index contributed by atoms with van der Waals surface area (Å²) in [5.41, 5.74) is 1.46. The van der Waals surface area contributed by atoms with Crippen molar-refractivity contribution in [3.63, 3.8) is 0 Å². The summed E-state index contributed by atoms with van der Waals surface area (Å²) in [4.78, 5) is 17.2. The lowest BCUT2D eigenvalue weighted by Crippen LogP contribution is -2.38. The van der Waals surface area contributed by atoms with Crippen LogP contribution in [0.1, 0.15) is 31.4 Å². The highest BCUT2D eigenvalue weighted by Gasteiger charge is 2.36. The van der Waals surface area contributed by atoms with E-state index in [9.17, 15) is 4.79 Å². The van der Waals surface area contributed by atoms with E-state index in [2.05, 4.69) is 16.0 Å². The molecule has 6 heteroatoms. The number of hydrogen-bond donors (Lipinski definition) is 1. The maximum Gasteiger partial charge on any atom is 0.332 e. The highest BCUT2D eigenvalue weighted by Crippen LogP contribution is 2.33. The largest absolute Gasteiger partial charge is 0.479 e. The molecule has 2 atom stereocenters. The average Bonchev–Trinajstić information content (AvgIpc) is 3.05. The van der Waals surface area contributed by atoms with Crippen molar-refractivity contribution in [2.75, 3.05) is 18.0 Å². The minimum atomic E-state index is -0.847. The molecule has 2 saturated heterocycles. The van der Waals surface area contributed by atoms with E-state index in [1.165, 1.54) is 0 Å². The van der Waals surface area contributed by atoms with E-state index in [0.717, 1.165) is 38.0 Å². The summed E-state index contributed by atoms with van der Waals surface area (Å²) in [6, 6.07) is 5.80. The molecule has 0 amide bonds. The number of rotatable bonds is 3. The highest BCUT2D eigenvalue weighted by atomic mass is 16.5. The third kappa shape index (κ3) is 3.04. The fourth-order valence-electron chi connectivity index (χ4n) is 3.40. The summed E-state index contributed by atoms with van der Waals surface area (Å²) in [5.74, 6) is -0.418. The van der Waals surface area contributed by atoms with E-state index < -0.39 is 12.1 Å². The van der Waals surface area contributed by atoms with Crippen LogP contribution in [0.3, 0.4) is 0 Å². The Kier molecular flexibility index (Phi) is 4.25. The molecule has 0 radical (unpaired) electrons. The van der Waals surface area contributed by atoms with Gasteiger partial charge in [-0.15, -0.1) is 0 Å². The van der Waals surface area contributed by atoms with Crippen molar-refractivity contribution in [2.45, 2.75) is 37.9 Å². The number of piperidine rings is 1. The SMILES string of the molecule is N#Cc1cc(N2CCC([C@@H]3CC[C@H](C(=O)O)O3)CC2)ccn1. The topological polar surface area (TPSA) is 86.5 Å². The van der Waals surface area contributed by atoms with E-state index in [0.29, 0.717) is 18.0 Å². The Balaban J connectivity index is 1.57. The van der Waals surface area contributed by atoms with Crippen molar-refractivity contribution in [3.8, 4) is 6.07 Å². The maximum atomic E-state index is 11.0. The number of ether oxygens (including phenoxy) is 1. The van der Waals surface area contributed by atoms with Crippen LogP contribution in [0.15, 0.2) is 18.3 Å². The Bertz CT molecular complexity index is 591. The van der Waals surface area contributed by atoms with Crippen LogP contribution >= 0.6 is 0 Å². The molecule has 1 aromatic rings. The number of anilines is 1. The predicted octanol–water partition coefficient (Wildman–Crippen LogP) is 1.80. The Morgan fingerprint density at radius 2 is 2.14 bits per heavy atom. The predicted molar refractivity (Wildman–Crippen MR) is 79.4 cm³/mol. The van der Waals surface area contributed by atoms with Crippen LogP contribution in [-0.2, 0) is 9.53 Å². The Labute approximate surface area is 129 Å². The monoisotopic (exact) mass is 301 g/mol. The van der Waals surface area contributed by atoms with Gasteiger partial charge in [0.05, 0.1) is 6.10 Å². The van der Waals surface area contributed by atoms with E-state index in [-0.39, 0.29) is 6.10 Å². The third-order valence-electron chi connectivity index (χ3n) is 4.62. The molecule has 22 heavy (non-hydrogen) atoms. The summed E-state index contributed by atoms with van der Waals surface area (Å²) < 4.78 is 5.67.